The zero-order valence-corrected chi connectivity index (χ0v) is 13.7. The largest absolute Gasteiger partial charge is 0.871 e. The van der Waals surface area contributed by atoms with Gasteiger partial charge in [-0.05, 0) is 57.3 Å². The molecule has 5 nitrogen and oxygen atoms in total. The lowest BCUT2D eigenvalue weighted by Gasteiger charge is -2.14. The molecule has 0 aliphatic heterocycles. The molecule has 19 heavy (non-hydrogen) atoms. The average molecular weight is 520 g/mol. The molecule has 106 valence electrons. The first-order chi connectivity index (χ1) is 8.45. The van der Waals surface area contributed by atoms with Crippen LogP contribution in [0.25, 0.3) is 0 Å². The maximum Gasteiger partial charge on any atom is 0.516 e. The first-order valence-corrected chi connectivity index (χ1v) is 7.89. The highest BCUT2D eigenvalue weighted by atomic mass is 127. The maximum absolute atomic E-state index is 12.1. The van der Waals surface area contributed by atoms with Gasteiger partial charge in [-0.25, -0.2) is 4.72 Å². The Morgan fingerprint density at radius 1 is 1.21 bits per heavy atom. The minimum Gasteiger partial charge on any atom is -0.871 e. The van der Waals surface area contributed by atoms with Crippen LogP contribution in [-0.4, -0.2) is 19.8 Å². The normalized spacial score (nSPS) is 12.3. The van der Waals surface area contributed by atoms with Gasteiger partial charge in [-0.1, -0.05) is 5.75 Å². The molecule has 1 aromatic rings. The van der Waals surface area contributed by atoms with Crippen molar-refractivity contribution in [1.29, 1.82) is 0 Å². The van der Waals surface area contributed by atoms with Crippen molar-refractivity contribution < 1.29 is 31.5 Å². The van der Waals surface area contributed by atoms with Gasteiger partial charge in [0.2, 0.25) is 0 Å². The van der Waals surface area contributed by atoms with E-state index in [1.54, 1.807) is 45.2 Å². The van der Waals surface area contributed by atoms with Gasteiger partial charge in [0.15, 0.2) is 0 Å². The van der Waals surface area contributed by atoms with Crippen LogP contribution < -0.4 is 9.83 Å². The smallest absolute Gasteiger partial charge is 0.516 e. The van der Waals surface area contributed by atoms with E-state index in [-0.39, 0.29) is 12.7 Å². The SMILES string of the molecule is O=C(NS(=O)(=O)C(F)(F)F)c1cc(I)c([O-])c(I)c1. The van der Waals surface area contributed by atoms with Crippen LogP contribution in [-0.2, 0) is 10.0 Å². The number of rotatable bonds is 2. The van der Waals surface area contributed by atoms with E-state index in [0.29, 0.717) is 0 Å². The van der Waals surface area contributed by atoms with Crippen LogP contribution in [0.4, 0.5) is 13.2 Å². The van der Waals surface area contributed by atoms with Gasteiger partial charge in [0.1, 0.15) is 0 Å². The van der Waals surface area contributed by atoms with Crippen LogP contribution in [0.5, 0.6) is 5.75 Å². The Morgan fingerprint density at radius 2 is 1.63 bits per heavy atom. The van der Waals surface area contributed by atoms with Gasteiger partial charge in [-0.15, -0.1) is 0 Å². The number of carbonyl (C=O) groups excluding carboxylic acids is 1. The minimum absolute atomic E-state index is 0.0963. The van der Waals surface area contributed by atoms with Crippen molar-refractivity contribution >= 4 is 61.1 Å². The fourth-order valence-electron chi connectivity index (χ4n) is 0.930. The van der Waals surface area contributed by atoms with Crippen molar-refractivity contribution in [2.45, 2.75) is 5.51 Å². The number of hydrogen-bond acceptors (Lipinski definition) is 4. The van der Waals surface area contributed by atoms with E-state index >= 15 is 0 Å². The van der Waals surface area contributed by atoms with Crippen LogP contribution in [0.1, 0.15) is 10.4 Å². The molecule has 0 saturated carbocycles. The van der Waals surface area contributed by atoms with E-state index in [2.05, 4.69) is 0 Å². The minimum atomic E-state index is -5.76. The van der Waals surface area contributed by atoms with Crippen LogP contribution >= 0.6 is 45.2 Å². The first-order valence-electron chi connectivity index (χ1n) is 4.25. The molecule has 0 atom stereocenters. The van der Waals surface area contributed by atoms with Gasteiger partial charge in [0.05, 0.1) is 0 Å². The summed E-state index contributed by atoms with van der Waals surface area (Å²) < 4.78 is 58.8. The molecule has 0 spiro atoms. The standard InChI is InChI=1S/C8H4F3I2NO4S/c9-8(10,11)19(17,18)14-7(16)3-1-4(12)6(15)5(13)2-3/h1-2,15H,(H,14,16)/p-1. The van der Waals surface area contributed by atoms with Crippen LogP contribution in [0.3, 0.4) is 0 Å². The topological polar surface area (TPSA) is 86.3 Å². The molecule has 0 saturated heterocycles. The highest BCUT2D eigenvalue weighted by Gasteiger charge is 2.47. The van der Waals surface area contributed by atoms with E-state index in [1.807, 2.05) is 0 Å². The van der Waals surface area contributed by atoms with Gasteiger partial charge in [0.25, 0.3) is 5.91 Å². The lowest BCUT2D eigenvalue weighted by atomic mass is 10.2. The summed E-state index contributed by atoms with van der Waals surface area (Å²) in [5.74, 6) is -1.84. The molecule has 1 aromatic carbocycles. The summed E-state index contributed by atoms with van der Waals surface area (Å²) in [5.41, 5.74) is -5.93. The van der Waals surface area contributed by atoms with Crippen molar-refractivity contribution in [2.24, 2.45) is 0 Å². The molecule has 1 rings (SSSR count). The zero-order chi connectivity index (χ0) is 15.0. The predicted octanol–water partition coefficient (Wildman–Crippen LogP) is 1.55. The lowest BCUT2D eigenvalue weighted by molar-refractivity contribution is -0.271. The van der Waals surface area contributed by atoms with Crippen molar-refractivity contribution in [3.63, 3.8) is 0 Å². The third-order valence-corrected chi connectivity index (χ3v) is 4.46. The Kier molecular flexibility index (Phi) is 4.93. The van der Waals surface area contributed by atoms with E-state index in [0.717, 1.165) is 16.9 Å². The first kappa shape index (κ1) is 16.7. The number of carbonyl (C=O) groups is 1. The van der Waals surface area contributed by atoms with Gasteiger partial charge in [-0.2, -0.15) is 21.6 Å². The maximum atomic E-state index is 12.1. The van der Waals surface area contributed by atoms with Gasteiger partial charge in [-0.3, -0.25) is 4.79 Å². The van der Waals surface area contributed by atoms with E-state index < -0.39 is 27.2 Å². The molecule has 0 fully saturated rings. The van der Waals surface area contributed by atoms with Crippen LogP contribution in [0.2, 0.25) is 0 Å². The monoisotopic (exact) mass is 520 g/mol. The number of alkyl halides is 3. The predicted molar refractivity (Wildman–Crippen MR) is 73.8 cm³/mol. The van der Waals surface area contributed by atoms with Crippen molar-refractivity contribution in [3.05, 3.63) is 24.8 Å². The summed E-state index contributed by atoms with van der Waals surface area (Å²) in [5, 5.41) is 11.3. The van der Waals surface area contributed by atoms with Crippen molar-refractivity contribution in [2.75, 3.05) is 0 Å². The fourth-order valence-corrected chi connectivity index (χ4v) is 3.18. The van der Waals surface area contributed by atoms with E-state index in [9.17, 15) is 31.5 Å². The second-order valence-electron chi connectivity index (χ2n) is 3.15. The second-order valence-corrected chi connectivity index (χ2v) is 7.15. The molecule has 1 N–H and O–H groups in total. The molecule has 0 aliphatic carbocycles. The average Bonchev–Trinajstić information content (AvgIpc) is 2.22. The van der Waals surface area contributed by atoms with Crippen molar-refractivity contribution in [1.82, 2.24) is 4.72 Å². The second kappa shape index (κ2) is 5.59. The number of benzene rings is 1. The quantitative estimate of drug-likeness (QED) is 0.601. The number of amides is 1. The summed E-state index contributed by atoms with van der Waals surface area (Å²) in [6.45, 7) is 0. The number of hydrogen-bond donors (Lipinski definition) is 1. The Bertz CT molecular complexity index is 606. The Hall–Kier alpha value is -0.310. The third-order valence-electron chi connectivity index (χ3n) is 1.79. The van der Waals surface area contributed by atoms with Crippen molar-refractivity contribution in [3.8, 4) is 5.75 Å². The molecule has 0 aromatic heterocycles. The Morgan fingerprint density at radius 3 is 2.00 bits per heavy atom. The lowest BCUT2D eigenvalue weighted by Crippen LogP contribution is -2.40. The molecular weight excluding hydrogens is 517 g/mol. The van der Waals surface area contributed by atoms with E-state index in [1.165, 1.54) is 0 Å². The molecule has 0 radical (unpaired) electrons. The highest BCUT2D eigenvalue weighted by molar-refractivity contribution is 14.1. The summed E-state index contributed by atoms with van der Waals surface area (Å²) in [6, 6.07) is 2.01. The summed E-state index contributed by atoms with van der Waals surface area (Å²) in [7, 11) is -5.76. The van der Waals surface area contributed by atoms with Gasteiger partial charge < -0.3 is 5.11 Å². The number of nitrogens with one attached hydrogen (secondary N) is 1. The summed E-state index contributed by atoms with van der Waals surface area (Å²) in [4.78, 5) is 11.4. The molecule has 11 heteroatoms. The Balaban J connectivity index is 3.11. The molecular formula is C8H3F3I2NO4S-. The molecule has 1 amide bonds. The highest BCUT2D eigenvalue weighted by Crippen LogP contribution is 2.26. The van der Waals surface area contributed by atoms with Gasteiger partial charge >= 0.3 is 15.5 Å². The third kappa shape index (κ3) is 3.84. The molecule has 0 aliphatic rings. The summed E-state index contributed by atoms with van der Waals surface area (Å²) in [6.07, 6.45) is 0. The molecule has 0 unspecified atom stereocenters. The van der Waals surface area contributed by atoms with Crippen LogP contribution in [0, 0.1) is 7.14 Å². The summed E-state index contributed by atoms with van der Waals surface area (Å²) >= 11 is 3.19. The molecule has 0 heterocycles. The van der Waals surface area contributed by atoms with Crippen LogP contribution in [0.15, 0.2) is 12.1 Å². The fraction of sp³-hybridized carbons (Fsp3) is 0.125. The van der Waals surface area contributed by atoms with E-state index in [4.69, 9.17) is 0 Å². The van der Waals surface area contributed by atoms with Gasteiger partial charge in [0, 0.05) is 12.7 Å². The zero-order valence-electron chi connectivity index (χ0n) is 8.59. The number of halogens is 5. The Labute approximate surface area is 132 Å². The molecule has 0 bridgehead atoms. The number of sulfonamides is 1.